The van der Waals surface area contributed by atoms with E-state index in [0.717, 1.165) is 36.2 Å². The third kappa shape index (κ3) is 4.31. The number of aliphatic carboxylic acids is 1. The smallest absolute Gasteiger partial charge is 0.325 e. The molecule has 1 atom stereocenters. The Bertz CT molecular complexity index is 812. The zero-order valence-electron chi connectivity index (χ0n) is 15.3. The van der Waals surface area contributed by atoms with Gasteiger partial charge in [0, 0.05) is 25.2 Å². The van der Waals surface area contributed by atoms with Gasteiger partial charge in [0.15, 0.2) is 0 Å². The topological polar surface area (TPSA) is 75.4 Å². The van der Waals surface area contributed by atoms with Gasteiger partial charge in [-0.2, -0.15) is 5.10 Å². The van der Waals surface area contributed by atoms with Crippen molar-refractivity contribution >= 4 is 11.9 Å². The summed E-state index contributed by atoms with van der Waals surface area (Å²) in [5.74, 6) is -0.594. The summed E-state index contributed by atoms with van der Waals surface area (Å²) >= 11 is 0. The largest absolute Gasteiger partial charge is 0.480 e. The Morgan fingerprint density at radius 2 is 2.08 bits per heavy atom. The van der Waals surface area contributed by atoms with Crippen LogP contribution >= 0.6 is 0 Å². The fourth-order valence-electron chi connectivity index (χ4n) is 3.53. The van der Waals surface area contributed by atoms with Crippen LogP contribution in [0.3, 0.4) is 0 Å². The van der Waals surface area contributed by atoms with Gasteiger partial charge in [-0.3, -0.25) is 14.3 Å². The van der Waals surface area contributed by atoms with E-state index in [1.54, 1.807) is 6.20 Å². The first-order chi connectivity index (χ1) is 12.4. The number of carboxylic acids is 1. The number of carboxylic acid groups (broad SMARTS) is 1. The minimum atomic E-state index is -0.909. The van der Waals surface area contributed by atoms with Gasteiger partial charge in [0.25, 0.3) is 0 Å². The van der Waals surface area contributed by atoms with Crippen molar-refractivity contribution < 1.29 is 14.7 Å². The number of carbonyl (C=O) groups excluding carboxylic acids is 1. The lowest BCUT2D eigenvalue weighted by atomic mass is 9.94. The average molecular weight is 355 g/mol. The zero-order chi connectivity index (χ0) is 18.7. The van der Waals surface area contributed by atoms with Gasteiger partial charge in [0.1, 0.15) is 6.54 Å². The maximum Gasteiger partial charge on any atom is 0.325 e. The van der Waals surface area contributed by atoms with Crippen LogP contribution in [0.15, 0.2) is 30.5 Å². The number of likely N-dealkylation sites (tertiary alicyclic amines) is 1. The van der Waals surface area contributed by atoms with Crippen molar-refractivity contribution in [3.05, 3.63) is 52.8 Å². The molecule has 0 saturated carbocycles. The zero-order valence-corrected chi connectivity index (χ0v) is 15.3. The van der Waals surface area contributed by atoms with Crippen LogP contribution in [0.4, 0.5) is 0 Å². The molecule has 0 radical (unpaired) electrons. The highest BCUT2D eigenvalue weighted by molar-refractivity contribution is 5.79. The lowest BCUT2D eigenvalue weighted by molar-refractivity contribution is -0.138. The number of amides is 1. The predicted octanol–water partition coefficient (Wildman–Crippen LogP) is 2.53. The molecule has 1 amide bonds. The van der Waals surface area contributed by atoms with Gasteiger partial charge >= 0.3 is 5.97 Å². The van der Waals surface area contributed by atoms with Gasteiger partial charge in [-0.05, 0) is 43.9 Å². The van der Waals surface area contributed by atoms with E-state index in [1.807, 2.05) is 24.8 Å². The third-order valence-corrected chi connectivity index (χ3v) is 5.00. The lowest BCUT2D eigenvalue weighted by Crippen LogP contribution is -2.40. The number of benzene rings is 1. The molecule has 0 bridgehead atoms. The summed E-state index contributed by atoms with van der Waals surface area (Å²) in [6.45, 7) is 5.36. The average Bonchev–Trinajstić information content (AvgIpc) is 3.06. The Labute approximate surface area is 153 Å². The molecule has 1 N–H and O–H groups in total. The van der Waals surface area contributed by atoms with E-state index in [2.05, 4.69) is 23.3 Å². The van der Waals surface area contributed by atoms with Crippen molar-refractivity contribution in [1.82, 2.24) is 14.7 Å². The number of piperidine rings is 1. The van der Waals surface area contributed by atoms with Crippen LogP contribution in [0, 0.1) is 13.8 Å². The molecule has 0 spiro atoms. The molecule has 1 fully saturated rings. The van der Waals surface area contributed by atoms with E-state index in [1.165, 1.54) is 10.2 Å². The first-order valence-corrected chi connectivity index (χ1v) is 9.01. The molecule has 6 nitrogen and oxygen atoms in total. The standard InChI is InChI=1S/C20H25N3O3/c1-14-5-6-15(2)17(10-14)11-19(24)22-8-3-4-16(12-22)18-7-9-23(21-18)13-20(25)26/h5-7,9-10,16H,3-4,8,11-13H2,1-2H3,(H,25,26)/t16-/m0/s1. The van der Waals surface area contributed by atoms with Crippen molar-refractivity contribution in [3.63, 3.8) is 0 Å². The molecule has 1 saturated heterocycles. The van der Waals surface area contributed by atoms with Gasteiger partial charge in [-0.15, -0.1) is 0 Å². The Morgan fingerprint density at radius 3 is 2.85 bits per heavy atom. The quantitative estimate of drug-likeness (QED) is 0.894. The van der Waals surface area contributed by atoms with Crippen LogP contribution in [-0.4, -0.2) is 44.8 Å². The monoisotopic (exact) mass is 355 g/mol. The summed E-state index contributed by atoms with van der Waals surface area (Å²) in [6, 6.07) is 8.08. The van der Waals surface area contributed by atoms with Crippen molar-refractivity contribution in [1.29, 1.82) is 0 Å². The van der Waals surface area contributed by atoms with E-state index in [4.69, 9.17) is 5.11 Å². The second-order valence-electron chi connectivity index (χ2n) is 7.12. The van der Waals surface area contributed by atoms with Crippen molar-refractivity contribution in [2.75, 3.05) is 13.1 Å². The summed E-state index contributed by atoms with van der Waals surface area (Å²) in [5, 5.41) is 13.2. The van der Waals surface area contributed by atoms with E-state index in [9.17, 15) is 9.59 Å². The van der Waals surface area contributed by atoms with Crippen LogP contribution in [0.5, 0.6) is 0 Å². The second kappa shape index (κ2) is 7.72. The van der Waals surface area contributed by atoms with Crippen LogP contribution in [0.2, 0.25) is 0 Å². The van der Waals surface area contributed by atoms with E-state index >= 15 is 0 Å². The van der Waals surface area contributed by atoms with Gasteiger partial charge in [-0.1, -0.05) is 23.8 Å². The van der Waals surface area contributed by atoms with Crippen LogP contribution in [-0.2, 0) is 22.6 Å². The molecule has 1 aliphatic rings. The SMILES string of the molecule is Cc1ccc(C)c(CC(=O)N2CCC[C@H](c3ccn(CC(=O)O)n3)C2)c1. The molecular formula is C20H25N3O3. The number of aromatic nitrogens is 2. The molecule has 26 heavy (non-hydrogen) atoms. The Balaban J connectivity index is 1.66. The van der Waals surface area contributed by atoms with Gasteiger partial charge < -0.3 is 10.0 Å². The highest BCUT2D eigenvalue weighted by Crippen LogP contribution is 2.26. The maximum absolute atomic E-state index is 12.8. The Kier molecular flexibility index (Phi) is 5.40. The third-order valence-electron chi connectivity index (χ3n) is 5.00. The predicted molar refractivity (Wildman–Crippen MR) is 98.0 cm³/mol. The molecule has 1 aromatic carbocycles. The summed E-state index contributed by atoms with van der Waals surface area (Å²) in [5.41, 5.74) is 4.27. The fourth-order valence-corrected chi connectivity index (χ4v) is 3.53. The summed E-state index contributed by atoms with van der Waals surface area (Å²) in [7, 11) is 0. The van der Waals surface area contributed by atoms with Gasteiger partial charge in [0.2, 0.25) is 5.91 Å². The molecule has 0 unspecified atom stereocenters. The molecule has 138 valence electrons. The first-order valence-electron chi connectivity index (χ1n) is 9.01. The van der Waals surface area contributed by atoms with Crippen molar-refractivity contribution in [2.45, 2.75) is 45.6 Å². The minimum Gasteiger partial charge on any atom is -0.480 e. The first kappa shape index (κ1) is 18.2. The molecule has 1 aliphatic heterocycles. The number of carbonyl (C=O) groups is 2. The molecular weight excluding hydrogens is 330 g/mol. The van der Waals surface area contributed by atoms with E-state index < -0.39 is 5.97 Å². The Hall–Kier alpha value is -2.63. The molecule has 2 aromatic rings. The number of hydrogen-bond donors (Lipinski definition) is 1. The minimum absolute atomic E-state index is 0.137. The second-order valence-corrected chi connectivity index (χ2v) is 7.12. The normalized spacial score (nSPS) is 17.3. The lowest BCUT2D eigenvalue weighted by Gasteiger charge is -2.32. The molecule has 6 heteroatoms. The summed E-state index contributed by atoms with van der Waals surface area (Å²) < 4.78 is 1.44. The van der Waals surface area contributed by atoms with E-state index in [-0.39, 0.29) is 18.4 Å². The van der Waals surface area contributed by atoms with Crippen molar-refractivity contribution in [2.24, 2.45) is 0 Å². The van der Waals surface area contributed by atoms with Gasteiger partial charge in [-0.25, -0.2) is 0 Å². The summed E-state index contributed by atoms with van der Waals surface area (Å²) in [6.07, 6.45) is 4.03. The summed E-state index contributed by atoms with van der Waals surface area (Å²) in [4.78, 5) is 25.5. The van der Waals surface area contributed by atoms with Crippen LogP contribution in [0.25, 0.3) is 0 Å². The number of rotatable bonds is 5. The molecule has 2 heterocycles. The Morgan fingerprint density at radius 1 is 1.27 bits per heavy atom. The highest BCUT2D eigenvalue weighted by Gasteiger charge is 2.26. The highest BCUT2D eigenvalue weighted by atomic mass is 16.4. The molecule has 1 aromatic heterocycles. The fraction of sp³-hybridized carbons (Fsp3) is 0.450. The molecule has 3 rings (SSSR count). The van der Waals surface area contributed by atoms with Crippen LogP contribution < -0.4 is 0 Å². The van der Waals surface area contributed by atoms with Gasteiger partial charge in [0.05, 0.1) is 12.1 Å². The van der Waals surface area contributed by atoms with E-state index in [0.29, 0.717) is 13.0 Å². The molecule has 0 aliphatic carbocycles. The van der Waals surface area contributed by atoms with Crippen molar-refractivity contribution in [3.8, 4) is 0 Å². The van der Waals surface area contributed by atoms with Crippen LogP contribution in [0.1, 0.15) is 41.1 Å². The maximum atomic E-state index is 12.8. The number of hydrogen-bond acceptors (Lipinski definition) is 3. The number of aryl methyl sites for hydroxylation is 2. The number of nitrogens with zero attached hydrogens (tertiary/aromatic N) is 3.